The Kier molecular flexibility index (Phi) is 6.20. The molecule has 28 heavy (non-hydrogen) atoms. The molecule has 1 amide bonds. The fourth-order valence-electron chi connectivity index (χ4n) is 2.92. The van der Waals surface area contributed by atoms with Crippen molar-refractivity contribution < 1.29 is 22.7 Å². The zero-order valence-corrected chi connectivity index (χ0v) is 16.1. The summed E-state index contributed by atoms with van der Waals surface area (Å²) in [5, 5.41) is 4.31. The standard InChI is InChI=1S/C18H16Cl2F3N3O2/c19-3-2-15-9-16-10-25(4-1-5-26(16)24-15)17(27)28-11-12-6-13(18(21,22)23)8-14(20)7-12/h2-3,6-9H,1,4-5,10-11H2. The molecule has 1 aromatic carbocycles. The van der Waals surface area contributed by atoms with E-state index in [9.17, 15) is 18.0 Å². The summed E-state index contributed by atoms with van der Waals surface area (Å²) in [6, 6.07) is 4.90. The normalized spacial score (nSPS) is 14.8. The Bertz CT molecular complexity index is 897. The van der Waals surface area contributed by atoms with Crippen molar-refractivity contribution in [1.29, 1.82) is 0 Å². The maximum Gasteiger partial charge on any atom is 0.416 e. The highest BCUT2D eigenvalue weighted by atomic mass is 35.5. The first-order valence-corrected chi connectivity index (χ1v) is 9.19. The predicted molar refractivity (Wildman–Crippen MR) is 98.8 cm³/mol. The molecular formula is C18H16Cl2F3N3O2. The van der Waals surface area contributed by atoms with E-state index in [4.69, 9.17) is 27.9 Å². The lowest BCUT2D eigenvalue weighted by Crippen LogP contribution is -2.31. The molecule has 1 aliphatic heterocycles. The van der Waals surface area contributed by atoms with E-state index in [0.717, 1.165) is 17.8 Å². The van der Waals surface area contributed by atoms with Crippen LogP contribution in [-0.4, -0.2) is 27.3 Å². The van der Waals surface area contributed by atoms with Gasteiger partial charge in [-0.15, -0.1) is 0 Å². The maximum atomic E-state index is 12.9. The Morgan fingerprint density at radius 3 is 2.75 bits per heavy atom. The minimum atomic E-state index is -4.53. The monoisotopic (exact) mass is 433 g/mol. The second-order valence-electron chi connectivity index (χ2n) is 6.25. The van der Waals surface area contributed by atoms with Crippen molar-refractivity contribution in [3.63, 3.8) is 0 Å². The number of hydrogen-bond acceptors (Lipinski definition) is 3. The van der Waals surface area contributed by atoms with Gasteiger partial charge in [-0.2, -0.15) is 18.3 Å². The third-order valence-corrected chi connectivity index (χ3v) is 4.52. The SMILES string of the molecule is O=C(OCc1cc(Cl)cc(C(F)(F)F)c1)N1CCCn2nc(C=CCl)cc2C1. The number of rotatable bonds is 3. The summed E-state index contributed by atoms with van der Waals surface area (Å²) in [6.45, 7) is 1.06. The molecule has 5 nitrogen and oxygen atoms in total. The Morgan fingerprint density at radius 2 is 2.04 bits per heavy atom. The van der Waals surface area contributed by atoms with Crippen LogP contribution in [0, 0.1) is 0 Å². The van der Waals surface area contributed by atoms with Crippen molar-refractivity contribution in [1.82, 2.24) is 14.7 Å². The number of nitrogens with zero attached hydrogens (tertiary/aromatic N) is 3. The zero-order valence-electron chi connectivity index (χ0n) is 14.5. The summed E-state index contributed by atoms with van der Waals surface area (Å²) < 4.78 is 45.7. The molecule has 0 saturated heterocycles. The van der Waals surface area contributed by atoms with Crippen LogP contribution in [0.25, 0.3) is 6.08 Å². The van der Waals surface area contributed by atoms with Gasteiger partial charge in [0.05, 0.1) is 23.5 Å². The number of amides is 1. The Labute approximate surface area is 169 Å². The molecule has 0 unspecified atom stereocenters. The molecule has 1 aromatic heterocycles. The van der Waals surface area contributed by atoms with Crippen molar-refractivity contribution in [2.45, 2.75) is 32.3 Å². The molecule has 0 aliphatic carbocycles. The van der Waals surface area contributed by atoms with Gasteiger partial charge in [0.2, 0.25) is 0 Å². The second-order valence-corrected chi connectivity index (χ2v) is 6.94. The van der Waals surface area contributed by atoms with E-state index in [-0.39, 0.29) is 23.7 Å². The highest BCUT2D eigenvalue weighted by molar-refractivity contribution is 6.30. The third kappa shape index (κ3) is 4.99. The van der Waals surface area contributed by atoms with Gasteiger partial charge in [-0.3, -0.25) is 4.68 Å². The average molecular weight is 434 g/mol. The van der Waals surface area contributed by atoms with Crippen LogP contribution in [0.1, 0.15) is 28.9 Å². The number of halogens is 5. The van der Waals surface area contributed by atoms with Gasteiger partial charge < -0.3 is 9.64 Å². The van der Waals surface area contributed by atoms with Crippen LogP contribution >= 0.6 is 23.2 Å². The molecule has 1 aliphatic rings. The summed E-state index contributed by atoms with van der Waals surface area (Å²) in [4.78, 5) is 13.9. The van der Waals surface area contributed by atoms with Crippen molar-refractivity contribution in [3.8, 4) is 0 Å². The van der Waals surface area contributed by atoms with Crippen LogP contribution in [0.3, 0.4) is 0 Å². The van der Waals surface area contributed by atoms with Crippen LogP contribution in [-0.2, 0) is 30.6 Å². The van der Waals surface area contributed by atoms with E-state index < -0.39 is 17.8 Å². The Balaban J connectivity index is 1.67. The molecule has 0 radical (unpaired) electrons. The largest absolute Gasteiger partial charge is 0.445 e. The molecule has 2 aromatic rings. The van der Waals surface area contributed by atoms with Gasteiger partial charge in [-0.25, -0.2) is 4.79 Å². The predicted octanol–water partition coefficient (Wildman–Crippen LogP) is 5.31. The first-order valence-electron chi connectivity index (χ1n) is 8.38. The van der Waals surface area contributed by atoms with Gasteiger partial charge in [0.1, 0.15) is 6.61 Å². The van der Waals surface area contributed by atoms with E-state index in [1.54, 1.807) is 10.8 Å². The molecule has 10 heteroatoms. The topological polar surface area (TPSA) is 47.4 Å². The lowest BCUT2D eigenvalue weighted by atomic mass is 10.1. The molecular weight excluding hydrogens is 418 g/mol. The summed E-state index contributed by atoms with van der Waals surface area (Å²) >= 11 is 11.3. The van der Waals surface area contributed by atoms with E-state index in [2.05, 4.69) is 5.10 Å². The van der Waals surface area contributed by atoms with Gasteiger partial charge >= 0.3 is 12.3 Å². The number of aryl methyl sites for hydroxylation is 1. The van der Waals surface area contributed by atoms with E-state index >= 15 is 0 Å². The maximum absolute atomic E-state index is 12.9. The average Bonchev–Trinajstić information content (AvgIpc) is 2.88. The fraction of sp³-hybridized carbons (Fsp3) is 0.333. The molecule has 0 bridgehead atoms. The Morgan fingerprint density at radius 1 is 1.25 bits per heavy atom. The fourth-order valence-corrected chi connectivity index (χ4v) is 3.31. The highest BCUT2D eigenvalue weighted by Crippen LogP contribution is 2.32. The smallest absolute Gasteiger partial charge is 0.416 e. The van der Waals surface area contributed by atoms with Gasteiger partial charge in [-0.1, -0.05) is 23.2 Å². The molecule has 0 spiro atoms. The highest BCUT2D eigenvalue weighted by Gasteiger charge is 2.31. The minimum Gasteiger partial charge on any atom is -0.445 e. The van der Waals surface area contributed by atoms with Crippen LogP contribution < -0.4 is 0 Å². The van der Waals surface area contributed by atoms with Crippen LogP contribution in [0.5, 0.6) is 0 Å². The van der Waals surface area contributed by atoms with Gasteiger partial charge in [0.25, 0.3) is 0 Å². The molecule has 0 atom stereocenters. The molecule has 0 fully saturated rings. The van der Waals surface area contributed by atoms with E-state index in [1.165, 1.54) is 16.5 Å². The van der Waals surface area contributed by atoms with E-state index in [0.29, 0.717) is 25.2 Å². The van der Waals surface area contributed by atoms with Crippen LogP contribution in [0.15, 0.2) is 29.8 Å². The summed E-state index contributed by atoms with van der Waals surface area (Å²) in [7, 11) is 0. The van der Waals surface area contributed by atoms with Crippen LogP contribution in [0.4, 0.5) is 18.0 Å². The number of carbonyl (C=O) groups excluding carboxylic acids is 1. The van der Waals surface area contributed by atoms with Crippen molar-refractivity contribution in [2.24, 2.45) is 0 Å². The molecule has 2 heterocycles. The van der Waals surface area contributed by atoms with Crippen molar-refractivity contribution in [2.75, 3.05) is 6.54 Å². The number of hydrogen-bond donors (Lipinski definition) is 0. The first kappa shape index (κ1) is 20.5. The van der Waals surface area contributed by atoms with Crippen molar-refractivity contribution >= 4 is 35.4 Å². The molecule has 0 saturated carbocycles. The minimum absolute atomic E-state index is 0.0700. The number of fused-ring (bicyclic) bond motifs is 1. The van der Waals surface area contributed by atoms with Crippen LogP contribution in [0.2, 0.25) is 5.02 Å². The van der Waals surface area contributed by atoms with Gasteiger partial charge in [0, 0.05) is 23.6 Å². The van der Waals surface area contributed by atoms with E-state index in [1.807, 2.05) is 6.07 Å². The lowest BCUT2D eigenvalue weighted by molar-refractivity contribution is -0.137. The summed E-state index contributed by atoms with van der Waals surface area (Å²) in [5.41, 5.74) is 2.14. The molecule has 0 N–H and O–H groups in total. The first-order chi connectivity index (χ1) is 13.3. The Hall–Kier alpha value is -2.19. The van der Waals surface area contributed by atoms with Gasteiger partial charge in [0.15, 0.2) is 0 Å². The number of carbonyl (C=O) groups is 1. The van der Waals surface area contributed by atoms with Gasteiger partial charge in [-0.05, 0) is 42.3 Å². The lowest BCUT2D eigenvalue weighted by Gasteiger charge is -2.19. The molecule has 3 rings (SSSR count). The zero-order chi connectivity index (χ0) is 20.3. The summed E-state index contributed by atoms with van der Waals surface area (Å²) in [5.74, 6) is 0. The quantitative estimate of drug-likeness (QED) is 0.658. The number of alkyl halides is 3. The number of ether oxygens (including phenoxy) is 1. The summed E-state index contributed by atoms with van der Waals surface area (Å²) in [6.07, 6.45) is -2.83. The second kappa shape index (κ2) is 8.45. The number of aromatic nitrogens is 2. The number of benzene rings is 1. The van der Waals surface area contributed by atoms with Crippen molar-refractivity contribution in [3.05, 3.63) is 57.3 Å². The third-order valence-electron chi connectivity index (χ3n) is 4.17. The molecule has 150 valence electrons.